The Bertz CT molecular complexity index is 1570. The fraction of sp³-hybridized carbons (Fsp3) is 0.571. The van der Waals surface area contributed by atoms with Gasteiger partial charge < -0.3 is 19.5 Å². The summed E-state index contributed by atoms with van der Waals surface area (Å²) in [5, 5.41) is 11.2. The largest absolute Gasteiger partial charge is 0.490 e. The van der Waals surface area contributed by atoms with E-state index in [-0.39, 0.29) is 28.9 Å². The number of nitrogens with zero attached hydrogens (tertiary/aromatic N) is 1. The Kier molecular flexibility index (Phi) is 8.65. The average molecular weight is 655 g/mol. The van der Waals surface area contributed by atoms with Gasteiger partial charge in [0.25, 0.3) is 5.91 Å². The number of hydrogen-bond donors (Lipinski definition) is 2. The van der Waals surface area contributed by atoms with E-state index in [4.69, 9.17) is 21.1 Å². The highest BCUT2D eigenvalue weighted by Crippen LogP contribution is 2.46. The molecule has 5 aliphatic rings. The number of ether oxygens (including phenoxy) is 2. The molecule has 10 heteroatoms. The summed E-state index contributed by atoms with van der Waals surface area (Å²) in [6.07, 6.45) is 10.8. The number of benzene rings is 2. The zero-order valence-electron chi connectivity index (χ0n) is 25.6. The van der Waals surface area contributed by atoms with Crippen molar-refractivity contribution in [2.75, 3.05) is 31.2 Å². The molecule has 8 nitrogen and oxygen atoms in total. The van der Waals surface area contributed by atoms with Crippen LogP contribution >= 0.6 is 11.6 Å². The number of carbonyl (C=O) groups excluding carboxylic acids is 1. The molecule has 7 rings (SSSR count). The smallest absolute Gasteiger partial charge is 0.264 e. The maximum atomic E-state index is 13.6. The molecule has 0 aromatic heterocycles. The lowest BCUT2D eigenvalue weighted by Crippen LogP contribution is -2.49. The number of rotatable bonds is 2. The number of sulfonamides is 1. The zero-order valence-corrected chi connectivity index (χ0v) is 27.2. The number of aryl methyl sites for hydroxylation is 1. The molecule has 6 atom stereocenters. The summed E-state index contributed by atoms with van der Waals surface area (Å²) >= 11 is 6.41. The van der Waals surface area contributed by atoms with Gasteiger partial charge in [-0.3, -0.25) is 4.79 Å². The van der Waals surface area contributed by atoms with Gasteiger partial charge >= 0.3 is 0 Å². The van der Waals surface area contributed by atoms with E-state index in [1.165, 1.54) is 11.1 Å². The number of nitrogens with one attached hydrogen (secondary N) is 1. The first-order valence-electron chi connectivity index (χ1n) is 16.5. The number of amides is 1. The van der Waals surface area contributed by atoms with E-state index in [9.17, 15) is 18.3 Å². The predicted molar refractivity (Wildman–Crippen MR) is 175 cm³/mol. The van der Waals surface area contributed by atoms with Crippen LogP contribution in [0.1, 0.15) is 79.3 Å². The number of fused-ring (bicyclic) bond motifs is 4. The lowest BCUT2D eigenvalue weighted by atomic mass is 9.68. The molecule has 2 bridgehead atoms. The molecule has 1 spiro atoms. The van der Waals surface area contributed by atoms with Crippen molar-refractivity contribution < 1.29 is 27.8 Å². The molecule has 1 saturated heterocycles. The molecule has 1 amide bonds. The molecule has 2 aromatic carbocycles. The van der Waals surface area contributed by atoms with Crippen LogP contribution in [0.4, 0.5) is 5.69 Å². The van der Waals surface area contributed by atoms with E-state index in [2.05, 4.69) is 21.8 Å². The van der Waals surface area contributed by atoms with E-state index < -0.39 is 27.3 Å². The molecule has 2 aromatic rings. The molecule has 3 aliphatic heterocycles. The van der Waals surface area contributed by atoms with Gasteiger partial charge in [0, 0.05) is 35.7 Å². The van der Waals surface area contributed by atoms with Crippen LogP contribution in [-0.2, 0) is 26.6 Å². The summed E-state index contributed by atoms with van der Waals surface area (Å²) in [6, 6.07) is 11.4. The molecule has 0 unspecified atom stereocenters. The second kappa shape index (κ2) is 12.5. The van der Waals surface area contributed by atoms with Crippen molar-refractivity contribution in [3.8, 4) is 5.75 Å². The van der Waals surface area contributed by atoms with Gasteiger partial charge in [0.15, 0.2) is 0 Å². The first-order chi connectivity index (χ1) is 21.7. The van der Waals surface area contributed by atoms with Gasteiger partial charge in [-0.2, -0.15) is 0 Å². The molecule has 2 fully saturated rings. The van der Waals surface area contributed by atoms with Crippen molar-refractivity contribution in [3.05, 3.63) is 70.3 Å². The van der Waals surface area contributed by atoms with Gasteiger partial charge in [0.2, 0.25) is 10.0 Å². The number of allylic oxidation sites excluding steroid dienone is 1. The lowest BCUT2D eigenvalue weighted by Gasteiger charge is -2.45. The fourth-order valence-electron chi connectivity index (χ4n) is 8.26. The summed E-state index contributed by atoms with van der Waals surface area (Å²) < 4.78 is 42.0. The minimum Gasteiger partial charge on any atom is -0.490 e. The molecule has 0 radical (unpaired) electrons. The van der Waals surface area contributed by atoms with Gasteiger partial charge in [-0.1, -0.05) is 29.8 Å². The van der Waals surface area contributed by atoms with Crippen LogP contribution < -0.4 is 14.4 Å². The van der Waals surface area contributed by atoms with Crippen molar-refractivity contribution in [2.45, 2.75) is 87.1 Å². The van der Waals surface area contributed by atoms with E-state index in [1.807, 2.05) is 18.2 Å². The second-order valence-electron chi connectivity index (χ2n) is 13.8. The first kappa shape index (κ1) is 31.0. The van der Waals surface area contributed by atoms with E-state index >= 15 is 0 Å². The van der Waals surface area contributed by atoms with Crippen LogP contribution in [0.2, 0.25) is 5.02 Å². The quantitative estimate of drug-likeness (QED) is 0.410. The third kappa shape index (κ3) is 6.25. The van der Waals surface area contributed by atoms with Crippen LogP contribution in [0.25, 0.3) is 0 Å². The van der Waals surface area contributed by atoms with Crippen molar-refractivity contribution in [1.29, 1.82) is 0 Å². The Morgan fingerprint density at radius 2 is 1.98 bits per heavy atom. The molecule has 45 heavy (non-hydrogen) atoms. The van der Waals surface area contributed by atoms with Crippen LogP contribution in [0.15, 0.2) is 48.6 Å². The van der Waals surface area contributed by atoms with Crippen molar-refractivity contribution in [3.63, 3.8) is 0 Å². The van der Waals surface area contributed by atoms with Gasteiger partial charge in [0.1, 0.15) is 5.75 Å². The molecule has 242 valence electrons. The monoisotopic (exact) mass is 654 g/mol. The highest BCUT2D eigenvalue weighted by molar-refractivity contribution is 7.90. The summed E-state index contributed by atoms with van der Waals surface area (Å²) in [4.78, 5) is 15.9. The SMILES string of the molecule is O=C1NS(=O)(=O)[C@@H](C[C@H]2CCCO2)CC/C=C/[C@H](O)[C@@H]2CC[C@H]2CN2C[C@@]3(CCCc4cc(Cl)ccc43)COc3ccc1cc32. The zero-order chi connectivity index (χ0) is 31.2. The van der Waals surface area contributed by atoms with Gasteiger partial charge in [0.05, 0.1) is 29.8 Å². The number of aliphatic hydroxyl groups is 1. The van der Waals surface area contributed by atoms with E-state index in [1.54, 1.807) is 18.2 Å². The number of halogens is 1. The van der Waals surface area contributed by atoms with Crippen molar-refractivity contribution in [1.82, 2.24) is 4.72 Å². The fourth-order valence-corrected chi connectivity index (χ4v) is 9.92. The Morgan fingerprint density at radius 3 is 2.78 bits per heavy atom. The number of carbonyl (C=O) groups is 1. The number of aliphatic hydroxyl groups excluding tert-OH is 1. The molecule has 3 heterocycles. The highest BCUT2D eigenvalue weighted by Gasteiger charge is 2.44. The van der Waals surface area contributed by atoms with Crippen LogP contribution in [0.5, 0.6) is 5.75 Å². The predicted octanol–water partition coefficient (Wildman–Crippen LogP) is 5.55. The molecule has 1 saturated carbocycles. The summed E-state index contributed by atoms with van der Waals surface area (Å²) in [5.74, 6) is 0.444. The van der Waals surface area contributed by atoms with E-state index in [0.717, 1.165) is 55.7 Å². The summed E-state index contributed by atoms with van der Waals surface area (Å²) in [5.41, 5.74) is 3.31. The van der Waals surface area contributed by atoms with Gasteiger partial charge in [-0.05, 0) is 118 Å². The highest BCUT2D eigenvalue weighted by atomic mass is 35.5. The Balaban J connectivity index is 1.26. The lowest BCUT2D eigenvalue weighted by molar-refractivity contribution is 0.0456. The minimum absolute atomic E-state index is 0.119. The van der Waals surface area contributed by atoms with Crippen LogP contribution in [0.3, 0.4) is 0 Å². The topological polar surface area (TPSA) is 105 Å². The molecule has 2 N–H and O–H groups in total. The third-order valence-corrected chi connectivity index (χ3v) is 12.9. The molecule has 2 aliphatic carbocycles. The molecular formula is C35H43ClN2O6S. The first-order valence-corrected chi connectivity index (χ1v) is 18.5. The second-order valence-corrected chi connectivity index (χ2v) is 16.2. The van der Waals surface area contributed by atoms with Crippen molar-refractivity contribution in [2.24, 2.45) is 11.8 Å². The van der Waals surface area contributed by atoms with Gasteiger partial charge in [-0.15, -0.1) is 0 Å². The van der Waals surface area contributed by atoms with Crippen LogP contribution in [0, 0.1) is 11.8 Å². The number of anilines is 1. The molecular weight excluding hydrogens is 612 g/mol. The maximum Gasteiger partial charge on any atom is 0.264 e. The normalized spacial score (nSPS) is 33.6. The average Bonchev–Trinajstić information content (AvgIpc) is 3.46. The van der Waals surface area contributed by atoms with Gasteiger partial charge in [-0.25, -0.2) is 13.1 Å². The third-order valence-electron chi connectivity index (χ3n) is 10.9. The summed E-state index contributed by atoms with van der Waals surface area (Å²) in [6.45, 7) is 2.53. The van der Waals surface area contributed by atoms with Crippen LogP contribution in [-0.4, -0.2) is 63.2 Å². The Morgan fingerprint density at radius 1 is 1.09 bits per heavy atom. The summed E-state index contributed by atoms with van der Waals surface area (Å²) in [7, 11) is -3.99. The maximum absolute atomic E-state index is 13.6. The van der Waals surface area contributed by atoms with E-state index in [0.29, 0.717) is 51.3 Å². The van der Waals surface area contributed by atoms with Crippen molar-refractivity contribution >= 4 is 33.2 Å². The Labute approximate surface area is 271 Å². The number of hydrogen-bond acceptors (Lipinski definition) is 7. The minimum atomic E-state index is -3.99. The standard InChI is InChI=1S/C35H43ClN2O6S/c36-26-11-13-30-23(17-26)5-3-15-35(30)21-38-20-25-9-12-29(25)32(39)8-2-1-7-28(19-27-6-4-16-43-27)45(41,42)37-34(40)24-10-14-33(44-22-35)31(38)18-24/h2,8,10-11,13-14,17-18,25,27-29,32,39H,1,3-7,9,12,15-16,19-22H2,(H,37,40)/b8-2+/t25-,27+,28+,29+,32-,35-/m0/s1. The Hall–Kier alpha value is -2.59.